The van der Waals surface area contributed by atoms with Crippen LogP contribution in [0.3, 0.4) is 0 Å². The van der Waals surface area contributed by atoms with Crippen LogP contribution in [-0.2, 0) is 14.8 Å². The predicted octanol–water partition coefficient (Wildman–Crippen LogP) is 3.26. The van der Waals surface area contributed by atoms with Crippen LogP contribution >= 0.6 is 0 Å². The molecular formula is C27H32N4O4S. The number of piperidine rings is 1. The molecule has 2 amide bonds. The summed E-state index contributed by atoms with van der Waals surface area (Å²) in [6, 6.07) is 16.7. The first-order chi connectivity index (χ1) is 17.1. The molecule has 4 rings (SSSR count). The minimum absolute atomic E-state index is 0.0739. The summed E-state index contributed by atoms with van der Waals surface area (Å²) in [4.78, 5) is 27.0. The Kier molecular flexibility index (Phi) is 7.44. The number of anilines is 1. The Hall–Kier alpha value is -3.27. The third kappa shape index (κ3) is 5.28. The molecule has 1 saturated heterocycles. The van der Waals surface area contributed by atoms with Crippen molar-refractivity contribution in [3.63, 3.8) is 0 Å². The number of nitrogens with two attached hydrogens (primary N) is 1. The highest BCUT2D eigenvalue weighted by Crippen LogP contribution is 2.30. The van der Waals surface area contributed by atoms with Gasteiger partial charge in [0.1, 0.15) is 0 Å². The van der Waals surface area contributed by atoms with Crippen LogP contribution < -0.4 is 15.8 Å². The van der Waals surface area contributed by atoms with Crippen LogP contribution in [0.1, 0.15) is 36.2 Å². The first kappa shape index (κ1) is 25.8. The summed E-state index contributed by atoms with van der Waals surface area (Å²) in [7, 11) is -3.87. The zero-order valence-electron chi connectivity index (χ0n) is 20.7. The lowest BCUT2D eigenvalue weighted by molar-refractivity contribution is -0.134. The number of likely N-dealkylation sites (tertiary alicyclic amines) is 1. The third-order valence-electron chi connectivity index (χ3n) is 6.72. The van der Waals surface area contributed by atoms with E-state index < -0.39 is 16.1 Å². The largest absolute Gasteiger partial charge is 0.341 e. The van der Waals surface area contributed by atoms with E-state index in [1.54, 1.807) is 60.4 Å². The fraction of sp³-hybridized carbons (Fsp3) is 0.333. The number of nitrogens with zero attached hydrogens (tertiary/aromatic N) is 1. The molecule has 9 heteroatoms. The smallest absolute Gasteiger partial charge is 0.255 e. The second kappa shape index (κ2) is 10.4. The topological polar surface area (TPSA) is 122 Å². The van der Waals surface area contributed by atoms with E-state index >= 15 is 0 Å². The van der Waals surface area contributed by atoms with Crippen molar-refractivity contribution >= 4 is 38.3 Å². The first-order valence-corrected chi connectivity index (χ1v) is 13.5. The number of nitrogens with one attached hydrogen (secondary N) is 2. The van der Waals surface area contributed by atoms with Gasteiger partial charge in [-0.2, -0.15) is 0 Å². The molecule has 0 aromatic heterocycles. The summed E-state index contributed by atoms with van der Waals surface area (Å²) in [5, 5.41) is 4.08. The molecule has 3 aromatic rings. The Bertz CT molecular complexity index is 1400. The lowest BCUT2D eigenvalue weighted by Crippen LogP contribution is -2.54. The second-order valence-corrected chi connectivity index (χ2v) is 11.2. The molecule has 0 saturated carbocycles. The van der Waals surface area contributed by atoms with Gasteiger partial charge >= 0.3 is 0 Å². The number of rotatable bonds is 6. The lowest BCUT2D eigenvalue weighted by atomic mass is 9.94. The molecule has 8 nitrogen and oxygen atoms in total. The number of hydrogen-bond donors (Lipinski definition) is 3. The molecule has 0 unspecified atom stereocenters. The molecule has 4 N–H and O–H groups in total. The zero-order valence-corrected chi connectivity index (χ0v) is 21.5. The van der Waals surface area contributed by atoms with Gasteiger partial charge in [-0.25, -0.2) is 13.1 Å². The maximum absolute atomic E-state index is 13.5. The van der Waals surface area contributed by atoms with Gasteiger partial charge in [0.15, 0.2) is 0 Å². The molecule has 3 atom stereocenters. The van der Waals surface area contributed by atoms with Crippen LogP contribution in [0.25, 0.3) is 10.8 Å². The Balaban J connectivity index is 1.58. The minimum atomic E-state index is -3.87. The van der Waals surface area contributed by atoms with Crippen molar-refractivity contribution in [3.8, 4) is 0 Å². The van der Waals surface area contributed by atoms with Gasteiger partial charge in [0.05, 0.1) is 10.9 Å². The monoisotopic (exact) mass is 508 g/mol. The van der Waals surface area contributed by atoms with Gasteiger partial charge in [0.25, 0.3) is 5.91 Å². The summed E-state index contributed by atoms with van der Waals surface area (Å²) in [5.74, 6) is -0.457. The Labute approximate surface area is 211 Å². The molecular weight excluding hydrogens is 476 g/mol. The number of fused-ring (bicyclic) bond motifs is 1. The van der Waals surface area contributed by atoms with Crippen molar-refractivity contribution in [1.82, 2.24) is 9.62 Å². The highest BCUT2D eigenvalue weighted by molar-refractivity contribution is 7.89. The van der Waals surface area contributed by atoms with Gasteiger partial charge in [0, 0.05) is 41.2 Å². The van der Waals surface area contributed by atoms with Crippen molar-refractivity contribution in [2.75, 3.05) is 18.4 Å². The molecule has 1 aliphatic rings. The van der Waals surface area contributed by atoms with Gasteiger partial charge in [-0.1, -0.05) is 49.4 Å². The van der Waals surface area contributed by atoms with Crippen molar-refractivity contribution < 1.29 is 18.0 Å². The molecule has 190 valence electrons. The van der Waals surface area contributed by atoms with E-state index in [1.807, 2.05) is 26.0 Å². The normalized spacial score (nSPS) is 19.2. The van der Waals surface area contributed by atoms with E-state index in [4.69, 9.17) is 5.73 Å². The summed E-state index contributed by atoms with van der Waals surface area (Å²) in [5.41, 5.74) is 7.68. The first-order valence-electron chi connectivity index (χ1n) is 12.0. The summed E-state index contributed by atoms with van der Waals surface area (Å²) in [6.45, 7) is 6.34. The lowest BCUT2D eigenvalue weighted by Gasteiger charge is -2.37. The second-order valence-electron chi connectivity index (χ2n) is 9.49. The van der Waals surface area contributed by atoms with Crippen LogP contribution in [-0.4, -0.2) is 50.3 Å². The van der Waals surface area contributed by atoms with Crippen LogP contribution in [0.2, 0.25) is 0 Å². The molecule has 0 spiro atoms. The zero-order chi connectivity index (χ0) is 26.0. The van der Waals surface area contributed by atoms with Crippen LogP contribution in [0.15, 0.2) is 65.6 Å². The number of amides is 2. The standard InChI is InChI=1S/C27H32N4O4S/c1-17-8-4-5-9-20(17)26(32)29-24-12-6-11-22-21(24)10-7-13-25(22)36(34,35)30-23-14-15-31(16-18(23)2)27(33)19(3)28/h4-13,18-19,23,30H,14-16,28H2,1-3H3,(H,29,32)/t18-,19-,23-/m0/s1. The number of carbonyl (C=O) groups excluding carboxylic acids is 2. The van der Waals surface area contributed by atoms with E-state index in [0.29, 0.717) is 41.5 Å². The average molecular weight is 509 g/mol. The van der Waals surface area contributed by atoms with Gasteiger partial charge in [-0.3, -0.25) is 9.59 Å². The molecule has 1 heterocycles. The number of benzene rings is 3. The molecule has 1 fully saturated rings. The predicted molar refractivity (Wildman–Crippen MR) is 141 cm³/mol. The van der Waals surface area contributed by atoms with Gasteiger partial charge < -0.3 is 16.0 Å². The highest BCUT2D eigenvalue weighted by Gasteiger charge is 2.33. The molecule has 36 heavy (non-hydrogen) atoms. The fourth-order valence-electron chi connectivity index (χ4n) is 4.71. The van der Waals surface area contributed by atoms with E-state index in [9.17, 15) is 18.0 Å². The summed E-state index contributed by atoms with van der Waals surface area (Å²) >= 11 is 0. The third-order valence-corrected chi connectivity index (χ3v) is 8.27. The van der Waals surface area contributed by atoms with E-state index in [2.05, 4.69) is 10.0 Å². The molecule has 0 aliphatic carbocycles. The molecule has 3 aromatic carbocycles. The fourth-order valence-corrected chi connectivity index (χ4v) is 6.31. The van der Waals surface area contributed by atoms with E-state index in [1.165, 1.54) is 0 Å². The quantitative estimate of drug-likeness (QED) is 0.472. The molecule has 0 radical (unpaired) electrons. The summed E-state index contributed by atoms with van der Waals surface area (Å²) in [6.07, 6.45) is 0.501. The number of carbonyl (C=O) groups is 2. The SMILES string of the molecule is Cc1ccccc1C(=O)Nc1cccc2c(S(=O)(=O)N[C@H]3CCN(C(=O)[C@H](C)N)C[C@@H]3C)cccc12. The van der Waals surface area contributed by atoms with Crippen molar-refractivity contribution in [1.29, 1.82) is 0 Å². The van der Waals surface area contributed by atoms with Gasteiger partial charge in [-0.05, 0) is 49.9 Å². The van der Waals surface area contributed by atoms with E-state index in [-0.39, 0.29) is 28.7 Å². The Morgan fingerprint density at radius 3 is 2.42 bits per heavy atom. The number of sulfonamides is 1. The van der Waals surface area contributed by atoms with Crippen LogP contribution in [0, 0.1) is 12.8 Å². The maximum atomic E-state index is 13.5. The van der Waals surface area contributed by atoms with Crippen molar-refractivity contribution in [3.05, 3.63) is 71.8 Å². The minimum Gasteiger partial charge on any atom is -0.341 e. The summed E-state index contributed by atoms with van der Waals surface area (Å²) < 4.78 is 29.8. The Morgan fingerprint density at radius 2 is 1.72 bits per heavy atom. The van der Waals surface area contributed by atoms with Crippen LogP contribution in [0.5, 0.6) is 0 Å². The Morgan fingerprint density at radius 1 is 1.03 bits per heavy atom. The average Bonchev–Trinajstić information content (AvgIpc) is 2.84. The molecule has 0 bridgehead atoms. The van der Waals surface area contributed by atoms with Crippen molar-refractivity contribution in [2.24, 2.45) is 11.7 Å². The highest BCUT2D eigenvalue weighted by atomic mass is 32.2. The van der Waals surface area contributed by atoms with Gasteiger partial charge in [-0.15, -0.1) is 0 Å². The number of aryl methyl sites for hydroxylation is 1. The maximum Gasteiger partial charge on any atom is 0.255 e. The van der Waals surface area contributed by atoms with E-state index in [0.717, 1.165) is 5.56 Å². The van der Waals surface area contributed by atoms with Crippen molar-refractivity contribution in [2.45, 2.75) is 44.2 Å². The van der Waals surface area contributed by atoms with Gasteiger partial charge in [0.2, 0.25) is 15.9 Å². The van der Waals surface area contributed by atoms with Crippen LogP contribution in [0.4, 0.5) is 5.69 Å². The number of hydrogen-bond acceptors (Lipinski definition) is 5. The molecule has 1 aliphatic heterocycles.